The number of carbonyl (C=O) groups is 5. The van der Waals surface area contributed by atoms with Gasteiger partial charge in [-0.15, -0.1) is 0 Å². The molecule has 1 aliphatic heterocycles. The summed E-state index contributed by atoms with van der Waals surface area (Å²) in [4.78, 5) is 64.1. The molecule has 1 atom stereocenters. The molecule has 0 fully saturated rings. The highest BCUT2D eigenvalue weighted by atomic mass is 32.2. The van der Waals surface area contributed by atoms with Gasteiger partial charge in [0.15, 0.2) is 24.1 Å². The number of nitrogens with zero attached hydrogens (tertiary/aromatic N) is 1. The van der Waals surface area contributed by atoms with Crippen LogP contribution in [0, 0.1) is 0 Å². The topological polar surface area (TPSA) is 172 Å². The van der Waals surface area contributed by atoms with E-state index in [1.165, 1.54) is 19.2 Å². The number of nitrogens with one attached hydrogen (secondary N) is 1. The fourth-order valence-corrected chi connectivity index (χ4v) is 7.49. The number of imide groups is 1. The molecule has 14 heteroatoms. The first-order valence-electron chi connectivity index (χ1n) is 18.5. The summed E-state index contributed by atoms with van der Waals surface area (Å²) < 4.78 is 47.7. The Morgan fingerprint density at radius 2 is 1.54 bits per heavy atom. The van der Waals surface area contributed by atoms with Crippen molar-refractivity contribution in [3.63, 3.8) is 0 Å². The number of hydrogen-bond donors (Lipinski definition) is 1. The molecule has 5 rings (SSSR count). The standard InChI is InChI=1S/C43H46N2O11S/c1-4-56-39-23-32(18-19-38(39)53-2)37(28-57(3,51)52)45-42(49)34-12-8-13-36(41(34)43(45)50)44-40(48)20-22-55-27-30-16-14-29(15-17-30)26-54-21-6-5-9-31-10-7-11-33(24-46)35(31)25-47/h7-8,10-19,23-25,37H,4-6,9,20-22,26-28H2,1-3H3,(H,44,48)/t37-/m1/s1. The zero-order chi connectivity index (χ0) is 41.0. The molecular formula is C43H46N2O11S. The van der Waals surface area contributed by atoms with Crippen molar-refractivity contribution in [2.75, 3.05) is 44.3 Å². The average molecular weight is 799 g/mol. The minimum Gasteiger partial charge on any atom is -0.493 e. The number of unbranched alkanes of at least 4 members (excludes halogenated alkanes) is 1. The molecule has 1 aliphatic rings. The Bertz CT molecular complexity index is 2200. The van der Waals surface area contributed by atoms with Gasteiger partial charge in [-0.25, -0.2) is 8.42 Å². The summed E-state index contributed by atoms with van der Waals surface area (Å²) in [6.45, 7) is 3.43. The number of fused-ring (bicyclic) bond motifs is 1. The van der Waals surface area contributed by atoms with Crippen molar-refractivity contribution in [1.29, 1.82) is 0 Å². The number of aryl methyl sites for hydroxylation is 1. The molecule has 0 aliphatic carbocycles. The maximum atomic E-state index is 13.9. The van der Waals surface area contributed by atoms with Crippen molar-refractivity contribution < 1.29 is 51.3 Å². The van der Waals surface area contributed by atoms with Crippen LogP contribution in [-0.4, -0.2) is 82.6 Å². The minimum absolute atomic E-state index is 0.0209. The Labute approximate surface area is 332 Å². The molecule has 4 aromatic rings. The summed E-state index contributed by atoms with van der Waals surface area (Å²) in [6, 6.07) is 21.1. The van der Waals surface area contributed by atoms with E-state index in [-0.39, 0.29) is 36.4 Å². The Morgan fingerprint density at radius 3 is 2.19 bits per heavy atom. The van der Waals surface area contributed by atoms with Gasteiger partial charge in [0, 0.05) is 24.0 Å². The fraction of sp³-hybridized carbons (Fsp3) is 0.326. The zero-order valence-electron chi connectivity index (χ0n) is 32.2. The molecule has 0 aromatic heterocycles. The van der Waals surface area contributed by atoms with Crippen LogP contribution in [0.4, 0.5) is 5.69 Å². The van der Waals surface area contributed by atoms with Gasteiger partial charge in [0.2, 0.25) is 5.91 Å². The normalized spacial score (nSPS) is 12.9. The Kier molecular flexibility index (Phi) is 14.8. The highest BCUT2D eigenvalue weighted by Crippen LogP contribution is 2.38. The van der Waals surface area contributed by atoms with Gasteiger partial charge in [-0.1, -0.05) is 54.6 Å². The predicted molar refractivity (Wildman–Crippen MR) is 213 cm³/mol. The van der Waals surface area contributed by atoms with Gasteiger partial charge in [-0.3, -0.25) is 28.9 Å². The highest BCUT2D eigenvalue weighted by molar-refractivity contribution is 7.90. The number of amides is 3. The number of ether oxygens (including phenoxy) is 4. The minimum atomic E-state index is -3.69. The number of sulfone groups is 1. The second-order valence-electron chi connectivity index (χ2n) is 13.5. The molecule has 0 saturated heterocycles. The molecule has 0 saturated carbocycles. The zero-order valence-corrected chi connectivity index (χ0v) is 33.0. The van der Waals surface area contributed by atoms with E-state index < -0.39 is 39.4 Å². The summed E-state index contributed by atoms with van der Waals surface area (Å²) in [7, 11) is -2.22. The Balaban J connectivity index is 1.10. The smallest absolute Gasteiger partial charge is 0.264 e. The lowest BCUT2D eigenvalue weighted by molar-refractivity contribution is -0.117. The summed E-state index contributed by atoms with van der Waals surface area (Å²) in [5.41, 5.74) is 4.13. The van der Waals surface area contributed by atoms with Crippen LogP contribution in [-0.2, 0) is 43.7 Å². The molecule has 0 unspecified atom stereocenters. The van der Waals surface area contributed by atoms with Gasteiger partial charge in [0.1, 0.15) is 9.84 Å². The molecule has 300 valence electrons. The van der Waals surface area contributed by atoms with Crippen LogP contribution in [0.3, 0.4) is 0 Å². The third kappa shape index (κ3) is 11.0. The third-order valence-corrected chi connectivity index (χ3v) is 10.3. The van der Waals surface area contributed by atoms with E-state index in [2.05, 4.69) is 5.32 Å². The first-order valence-corrected chi connectivity index (χ1v) is 20.6. The van der Waals surface area contributed by atoms with Crippen molar-refractivity contribution in [3.05, 3.63) is 123 Å². The number of benzene rings is 4. The second-order valence-corrected chi connectivity index (χ2v) is 15.7. The van der Waals surface area contributed by atoms with Gasteiger partial charge in [-0.05, 0) is 72.7 Å². The van der Waals surface area contributed by atoms with Crippen molar-refractivity contribution >= 4 is 45.8 Å². The van der Waals surface area contributed by atoms with Crippen molar-refractivity contribution in [3.8, 4) is 11.5 Å². The van der Waals surface area contributed by atoms with E-state index in [0.717, 1.165) is 47.0 Å². The fourth-order valence-electron chi connectivity index (χ4n) is 6.57. The van der Waals surface area contributed by atoms with Crippen LogP contribution < -0.4 is 14.8 Å². The van der Waals surface area contributed by atoms with Gasteiger partial charge in [0.05, 0.1) is 68.6 Å². The molecule has 0 bridgehead atoms. The Hall–Kier alpha value is -5.70. The summed E-state index contributed by atoms with van der Waals surface area (Å²) in [5, 5.41) is 2.72. The first kappa shape index (κ1) is 42.4. The lowest BCUT2D eigenvalue weighted by atomic mass is 9.98. The lowest BCUT2D eigenvalue weighted by Crippen LogP contribution is -2.37. The maximum Gasteiger partial charge on any atom is 0.264 e. The molecule has 0 radical (unpaired) electrons. The van der Waals surface area contributed by atoms with Crippen molar-refractivity contribution in [2.24, 2.45) is 0 Å². The third-order valence-electron chi connectivity index (χ3n) is 9.36. The summed E-state index contributed by atoms with van der Waals surface area (Å²) >= 11 is 0. The van der Waals surface area contributed by atoms with Crippen molar-refractivity contribution in [1.82, 2.24) is 4.90 Å². The van der Waals surface area contributed by atoms with Crippen LogP contribution in [0.5, 0.6) is 11.5 Å². The van der Waals surface area contributed by atoms with Gasteiger partial charge in [0.25, 0.3) is 11.8 Å². The predicted octanol–water partition coefficient (Wildman–Crippen LogP) is 6.19. The summed E-state index contributed by atoms with van der Waals surface area (Å²) in [6.07, 6.45) is 4.73. The molecule has 4 aromatic carbocycles. The maximum absolute atomic E-state index is 13.9. The first-order chi connectivity index (χ1) is 27.5. The van der Waals surface area contributed by atoms with Gasteiger partial charge >= 0.3 is 0 Å². The van der Waals surface area contributed by atoms with Crippen LogP contribution in [0.25, 0.3) is 0 Å². The van der Waals surface area contributed by atoms with Crippen LogP contribution in [0.1, 0.15) is 95.9 Å². The molecule has 3 amide bonds. The number of methoxy groups -OCH3 is 1. The molecular weight excluding hydrogens is 753 g/mol. The van der Waals surface area contributed by atoms with E-state index in [1.807, 2.05) is 30.3 Å². The van der Waals surface area contributed by atoms with Crippen LogP contribution in [0.15, 0.2) is 78.9 Å². The number of rotatable bonds is 22. The quantitative estimate of drug-likeness (QED) is 0.0547. The summed E-state index contributed by atoms with van der Waals surface area (Å²) in [5.74, 6) is -1.63. The number of carbonyl (C=O) groups excluding carboxylic acids is 5. The van der Waals surface area contributed by atoms with Crippen LogP contribution in [0.2, 0.25) is 0 Å². The number of aldehydes is 2. The average Bonchev–Trinajstić information content (AvgIpc) is 3.46. The van der Waals surface area contributed by atoms with E-state index in [9.17, 15) is 32.4 Å². The molecule has 13 nitrogen and oxygen atoms in total. The van der Waals surface area contributed by atoms with Crippen molar-refractivity contribution in [2.45, 2.75) is 51.9 Å². The van der Waals surface area contributed by atoms with Gasteiger partial charge < -0.3 is 24.3 Å². The Morgan fingerprint density at radius 1 is 0.842 bits per heavy atom. The second kappa shape index (κ2) is 19.9. The van der Waals surface area contributed by atoms with E-state index in [4.69, 9.17) is 18.9 Å². The van der Waals surface area contributed by atoms with Gasteiger partial charge in [-0.2, -0.15) is 0 Å². The lowest BCUT2D eigenvalue weighted by Gasteiger charge is -2.27. The number of anilines is 1. The molecule has 1 N–H and O–H groups in total. The molecule has 1 heterocycles. The molecule has 57 heavy (non-hydrogen) atoms. The highest BCUT2D eigenvalue weighted by Gasteiger charge is 2.43. The SMILES string of the molecule is CCOc1cc([C@@H](CS(C)(=O)=O)N2C(=O)c3cccc(NC(=O)CCOCc4ccc(COCCCCc5cccc(C=O)c5C=O)cc4)c3C2=O)ccc1OC. The van der Waals surface area contributed by atoms with E-state index in [1.54, 1.807) is 43.3 Å². The number of hydrogen-bond acceptors (Lipinski definition) is 11. The monoisotopic (exact) mass is 798 g/mol. The van der Waals surface area contributed by atoms with Crippen LogP contribution >= 0.6 is 0 Å². The van der Waals surface area contributed by atoms with E-state index >= 15 is 0 Å². The van der Waals surface area contributed by atoms with E-state index in [0.29, 0.717) is 60.7 Å². The molecule has 0 spiro atoms. The largest absolute Gasteiger partial charge is 0.493 e.